The van der Waals surface area contributed by atoms with Crippen LogP contribution in [0, 0.1) is 13.8 Å². The third kappa shape index (κ3) is 6.23. The summed E-state index contributed by atoms with van der Waals surface area (Å²) in [6.07, 6.45) is 1.96. The Morgan fingerprint density at radius 3 is 2.56 bits per heavy atom. The second-order valence-corrected chi connectivity index (χ2v) is 13.2. The van der Waals surface area contributed by atoms with E-state index in [0.717, 1.165) is 24.0 Å². The number of unbranched alkanes of at least 4 members (excludes halogenated alkanes) is 1. The third-order valence-corrected chi connectivity index (χ3v) is 9.99. The van der Waals surface area contributed by atoms with Crippen molar-refractivity contribution < 1.29 is 19.4 Å². The summed E-state index contributed by atoms with van der Waals surface area (Å²) in [5.41, 5.74) is 4.09. The fraction of sp³-hybridized carbons (Fsp3) is 0.222. The summed E-state index contributed by atoms with van der Waals surface area (Å²) in [5.74, 6) is -0.356. The highest BCUT2D eigenvalue weighted by Gasteiger charge is 2.48. The number of aromatic nitrogens is 2. The van der Waals surface area contributed by atoms with E-state index in [9.17, 15) is 14.7 Å². The lowest BCUT2D eigenvalue weighted by Crippen LogP contribution is -2.29. The van der Waals surface area contributed by atoms with Crippen LogP contribution in [0.3, 0.4) is 0 Å². The molecule has 1 fully saturated rings. The molecule has 2 heterocycles. The van der Waals surface area contributed by atoms with Gasteiger partial charge in [0.2, 0.25) is 5.13 Å². The molecule has 1 unspecified atom stereocenters. The highest BCUT2D eigenvalue weighted by molar-refractivity contribution is 8.00. The standard InChI is InChI=1S/C36H33N3O4S2/c1-4-5-19-43-27-17-15-25(16-18-27)31-30(32(40)29-20-22(2)13-14-23(29)3)33(41)34(42)39(31)35-37-38-36(45-35)44-21-26-11-8-10-24-9-6-7-12-28(24)26/h6-18,20,31,40H,4-5,19,21H2,1-3H3/b32-30+. The predicted molar refractivity (Wildman–Crippen MR) is 181 cm³/mol. The molecule has 5 aromatic rings. The number of hydrogen-bond acceptors (Lipinski definition) is 8. The largest absolute Gasteiger partial charge is 0.507 e. The highest BCUT2D eigenvalue weighted by atomic mass is 32.2. The number of carbonyl (C=O) groups excluding carboxylic acids is 2. The fourth-order valence-electron chi connectivity index (χ4n) is 5.48. The number of rotatable bonds is 10. The summed E-state index contributed by atoms with van der Waals surface area (Å²) in [4.78, 5) is 28.8. The van der Waals surface area contributed by atoms with E-state index in [4.69, 9.17) is 4.74 Å². The van der Waals surface area contributed by atoms with Crippen molar-refractivity contribution in [3.63, 3.8) is 0 Å². The second kappa shape index (κ2) is 13.3. The van der Waals surface area contributed by atoms with E-state index in [2.05, 4.69) is 41.4 Å². The van der Waals surface area contributed by atoms with Gasteiger partial charge in [-0.1, -0.05) is 109 Å². The van der Waals surface area contributed by atoms with E-state index >= 15 is 0 Å². The van der Waals surface area contributed by atoms with E-state index in [1.165, 1.54) is 44.3 Å². The zero-order valence-corrected chi connectivity index (χ0v) is 27.0. The van der Waals surface area contributed by atoms with Gasteiger partial charge in [0.25, 0.3) is 5.78 Å². The molecule has 0 aliphatic carbocycles. The van der Waals surface area contributed by atoms with Gasteiger partial charge in [0.15, 0.2) is 4.34 Å². The van der Waals surface area contributed by atoms with Crippen LogP contribution >= 0.6 is 23.1 Å². The van der Waals surface area contributed by atoms with Crippen molar-refractivity contribution in [2.45, 2.75) is 49.7 Å². The lowest BCUT2D eigenvalue weighted by Gasteiger charge is -2.23. The number of ether oxygens (including phenoxy) is 1. The van der Waals surface area contributed by atoms with Crippen LogP contribution < -0.4 is 9.64 Å². The maximum absolute atomic E-state index is 13.7. The number of anilines is 1. The van der Waals surface area contributed by atoms with Crippen molar-refractivity contribution in [1.29, 1.82) is 0 Å². The summed E-state index contributed by atoms with van der Waals surface area (Å²) in [6.45, 7) is 6.49. The molecule has 6 rings (SSSR count). The first kappa shape index (κ1) is 30.6. The number of thioether (sulfide) groups is 1. The number of aliphatic hydroxyl groups excluding tert-OH is 1. The Morgan fingerprint density at radius 1 is 0.978 bits per heavy atom. The Balaban J connectivity index is 1.36. The molecule has 4 aromatic carbocycles. The fourth-order valence-corrected chi connectivity index (χ4v) is 7.35. The smallest absolute Gasteiger partial charge is 0.301 e. The van der Waals surface area contributed by atoms with Gasteiger partial charge in [0, 0.05) is 11.3 Å². The zero-order valence-electron chi connectivity index (χ0n) is 25.3. The Kier molecular flexibility index (Phi) is 9.00. The van der Waals surface area contributed by atoms with E-state index < -0.39 is 17.7 Å². The number of fused-ring (bicyclic) bond motifs is 1. The lowest BCUT2D eigenvalue weighted by molar-refractivity contribution is -0.132. The number of Topliss-reactive ketones (excluding diaryl/α,β-unsaturated/α-hetero) is 1. The second-order valence-electron chi connectivity index (χ2n) is 11.0. The molecule has 0 bridgehead atoms. The quantitative estimate of drug-likeness (QED) is 0.0411. The van der Waals surface area contributed by atoms with E-state index in [0.29, 0.717) is 38.7 Å². The molecule has 7 nitrogen and oxygen atoms in total. The van der Waals surface area contributed by atoms with E-state index in [1.54, 1.807) is 0 Å². The van der Waals surface area contributed by atoms with Crippen molar-refractivity contribution in [1.82, 2.24) is 10.2 Å². The molecule has 1 amide bonds. The van der Waals surface area contributed by atoms with Gasteiger partial charge in [-0.2, -0.15) is 0 Å². The van der Waals surface area contributed by atoms with Crippen molar-refractivity contribution >= 4 is 56.5 Å². The number of nitrogens with zero attached hydrogens (tertiary/aromatic N) is 3. The zero-order chi connectivity index (χ0) is 31.5. The molecule has 0 spiro atoms. The van der Waals surface area contributed by atoms with Gasteiger partial charge in [0.05, 0.1) is 18.2 Å². The molecule has 1 aliphatic rings. The number of aryl methyl sites for hydroxylation is 2. The number of ketones is 1. The third-order valence-electron chi connectivity index (χ3n) is 7.89. The molecule has 9 heteroatoms. The minimum absolute atomic E-state index is 0.0218. The molecular weight excluding hydrogens is 603 g/mol. The van der Waals surface area contributed by atoms with Crippen molar-refractivity contribution in [2.24, 2.45) is 0 Å². The van der Waals surface area contributed by atoms with E-state index in [-0.39, 0.29) is 11.3 Å². The Bertz CT molecular complexity index is 1910. The first-order valence-corrected chi connectivity index (χ1v) is 16.7. The van der Waals surface area contributed by atoms with Gasteiger partial charge < -0.3 is 9.84 Å². The van der Waals surface area contributed by atoms with Crippen LogP contribution in [0.2, 0.25) is 0 Å². The van der Waals surface area contributed by atoms with Gasteiger partial charge in [-0.15, -0.1) is 10.2 Å². The van der Waals surface area contributed by atoms with Crippen LogP contribution in [0.1, 0.15) is 53.6 Å². The van der Waals surface area contributed by atoms with Crippen LogP contribution in [0.5, 0.6) is 5.75 Å². The molecular formula is C36H33N3O4S2. The molecule has 1 N–H and O–H groups in total. The van der Waals surface area contributed by atoms with Crippen LogP contribution in [-0.4, -0.2) is 33.6 Å². The number of benzene rings is 4. The van der Waals surface area contributed by atoms with Crippen molar-refractivity contribution in [2.75, 3.05) is 11.5 Å². The lowest BCUT2D eigenvalue weighted by atomic mass is 9.93. The van der Waals surface area contributed by atoms with Crippen molar-refractivity contribution in [3.8, 4) is 5.75 Å². The maximum atomic E-state index is 13.7. The predicted octanol–water partition coefficient (Wildman–Crippen LogP) is 8.41. The van der Waals surface area contributed by atoms with Gasteiger partial charge in [-0.3, -0.25) is 14.5 Å². The SMILES string of the molecule is CCCCOc1ccc(C2/C(=C(\O)c3cc(C)ccc3C)C(=O)C(=O)N2c2nnc(SCc3cccc4ccccc34)s2)cc1. The summed E-state index contributed by atoms with van der Waals surface area (Å²) in [6, 6.07) is 26.6. The summed E-state index contributed by atoms with van der Waals surface area (Å²) in [7, 11) is 0. The van der Waals surface area contributed by atoms with Gasteiger partial charge in [0.1, 0.15) is 11.5 Å². The number of amides is 1. The molecule has 1 saturated heterocycles. The Hall–Kier alpha value is -4.47. The van der Waals surface area contributed by atoms with Gasteiger partial charge >= 0.3 is 5.91 Å². The summed E-state index contributed by atoms with van der Waals surface area (Å²) >= 11 is 2.79. The average molecular weight is 636 g/mol. The van der Waals surface area contributed by atoms with Gasteiger partial charge in [-0.25, -0.2) is 0 Å². The molecule has 1 atom stereocenters. The topological polar surface area (TPSA) is 92.6 Å². The molecule has 0 saturated carbocycles. The highest BCUT2D eigenvalue weighted by Crippen LogP contribution is 2.44. The summed E-state index contributed by atoms with van der Waals surface area (Å²) < 4.78 is 6.53. The van der Waals surface area contributed by atoms with E-state index in [1.807, 2.05) is 74.5 Å². The minimum atomic E-state index is -0.890. The number of hydrogen-bond donors (Lipinski definition) is 1. The molecule has 0 radical (unpaired) electrons. The number of carbonyl (C=O) groups is 2. The number of aliphatic hydroxyl groups is 1. The van der Waals surface area contributed by atoms with Crippen LogP contribution in [-0.2, 0) is 15.3 Å². The Labute approximate surface area is 270 Å². The minimum Gasteiger partial charge on any atom is -0.507 e. The van der Waals surface area contributed by atoms with Gasteiger partial charge in [-0.05, 0) is 65.9 Å². The van der Waals surface area contributed by atoms with Crippen LogP contribution in [0.25, 0.3) is 16.5 Å². The molecule has 45 heavy (non-hydrogen) atoms. The molecule has 1 aliphatic heterocycles. The molecule has 228 valence electrons. The van der Waals surface area contributed by atoms with Crippen molar-refractivity contribution in [3.05, 3.63) is 118 Å². The Morgan fingerprint density at radius 2 is 1.76 bits per heavy atom. The average Bonchev–Trinajstić information content (AvgIpc) is 3.63. The first-order chi connectivity index (χ1) is 21.9. The van der Waals surface area contributed by atoms with Crippen LogP contribution in [0.4, 0.5) is 5.13 Å². The summed E-state index contributed by atoms with van der Waals surface area (Å²) in [5, 5.41) is 23.0. The maximum Gasteiger partial charge on any atom is 0.301 e. The van der Waals surface area contributed by atoms with Crippen LogP contribution in [0.15, 0.2) is 94.8 Å². The monoisotopic (exact) mass is 635 g/mol. The first-order valence-electron chi connectivity index (χ1n) is 14.9. The normalized spacial score (nSPS) is 16.1. The molecule has 1 aromatic heterocycles.